The summed E-state index contributed by atoms with van der Waals surface area (Å²) in [6.45, 7) is 0. The molecule has 0 heterocycles. The number of hydrogen-bond donors (Lipinski definition) is 3. The molecule has 2 aromatic carbocycles. The maximum atomic E-state index is 12.2. The van der Waals surface area contributed by atoms with Gasteiger partial charge in [0.15, 0.2) is 11.5 Å². The first-order valence-electron chi connectivity index (χ1n) is 6.73. The third-order valence-electron chi connectivity index (χ3n) is 3.06. The van der Waals surface area contributed by atoms with Gasteiger partial charge in [-0.3, -0.25) is 4.79 Å². The highest BCUT2D eigenvalue weighted by molar-refractivity contribution is 6.31. The lowest BCUT2D eigenvalue weighted by molar-refractivity contribution is -0.112. The Kier molecular flexibility index (Phi) is 5.30. The molecule has 0 saturated heterocycles. The standard InChI is InChI=1S/C17H13ClN2O4/c1-24-15-7-10(6-14(21)16(15)22)5-11(9-19)17(23)20-13-4-2-3-12(18)8-13/h2-8,21-22H,1H3,(H,20,23)/b11-5+. The Morgan fingerprint density at radius 2 is 2.08 bits per heavy atom. The average Bonchev–Trinajstić information content (AvgIpc) is 2.55. The number of nitriles is 1. The van der Waals surface area contributed by atoms with Crippen molar-refractivity contribution >= 4 is 29.3 Å². The number of phenolic OH excluding ortho intramolecular Hbond substituents is 2. The molecule has 2 aromatic rings. The Hall–Kier alpha value is -3.17. The van der Waals surface area contributed by atoms with Crippen LogP contribution in [0.5, 0.6) is 17.2 Å². The monoisotopic (exact) mass is 344 g/mol. The zero-order valence-electron chi connectivity index (χ0n) is 12.6. The van der Waals surface area contributed by atoms with E-state index in [1.165, 1.54) is 25.3 Å². The predicted octanol–water partition coefficient (Wildman–Crippen LogP) is 3.31. The maximum absolute atomic E-state index is 12.2. The summed E-state index contributed by atoms with van der Waals surface area (Å²) < 4.78 is 4.91. The largest absolute Gasteiger partial charge is 0.504 e. The SMILES string of the molecule is COc1cc(/C=C(\C#N)C(=O)Nc2cccc(Cl)c2)cc(O)c1O. The van der Waals surface area contributed by atoms with Crippen molar-refractivity contribution in [2.45, 2.75) is 0 Å². The molecule has 0 bridgehead atoms. The molecule has 2 rings (SSSR count). The van der Waals surface area contributed by atoms with Gasteiger partial charge >= 0.3 is 0 Å². The summed E-state index contributed by atoms with van der Waals surface area (Å²) in [6, 6.07) is 10.9. The van der Waals surface area contributed by atoms with Crippen molar-refractivity contribution in [3.63, 3.8) is 0 Å². The minimum Gasteiger partial charge on any atom is -0.504 e. The number of methoxy groups -OCH3 is 1. The number of carbonyl (C=O) groups is 1. The lowest BCUT2D eigenvalue weighted by Crippen LogP contribution is -2.13. The zero-order valence-corrected chi connectivity index (χ0v) is 13.3. The molecule has 0 aliphatic carbocycles. The van der Waals surface area contributed by atoms with E-state index in [-0.39, 0.29) is 11.3 Å². The van der Waals surface area contributed by atoms with Crippen LogP contribution in [-0.4, -0.2) is 23.2 Å². The van der Waals surface area contributed by atoms with Crippen LogP contribution in [-0.2, 0) is 4.79 Å². The number of halogens is 1. The second-order valence-corrected chi connectivity index (χ2v) is 5.16. The number of phenols is 2. The third kappa shape index (κ3) is 3.97. The molecule has 0 fully saturated rings. The van der Waals surface area contributed by atoms with Crippen LogP contribution in [0.3, 0.4) is 0 Å². The molecule has 6 nitrogen and oxygen atoms in total. The number of benzene rings is 2. The van der Waals surface area contributed by atoms with Crippen LogP contribution in [0.25, 0.3) is 6.08 Å². The average molecular weight is 345 g/mol. The number of rotatable bonds is 4. The van der Waals surface area contributed by atoms with Crippen molar-refractivity contribution < 1.29 is 19.7 Å². The van der Waals surface area contributed by atoms with Gasteiger partial charge in [-0.2, -0.15) is 5.26 Å². The van der Waals surface area contributed by atoms with Crippen molar-refractivity contribution in [2.24, 2.45) is 0 Å². The third-order valence-corrected chi connectivity index (χ3v) is 3.29. The molecule has 0 aromatic heterocycles. The van der Waals surface area contributed by atoms with Crippen LogP contribution in [0.2, 0.25) is 5.02 Å². The molecule has 1 amide bonds. The summed E-state index contributed by atoms with van der Waals surface area (Å²) >= 11 is 5.84. The summed E-state index contributed by atoms with van der Waals surface area (Å²) in [5, 5.41) is 31.4. The quantitative estimate of drug-likeness (QED) is 0.448. The molecule has 0 unspecified atom stereocenters. The van der Waals surface area contributed by atoms with Gasteiger partial charge in [0.1, 0.15) is 11.6 Å². The highest BCUT2D eigenvalue weighted by Gasteiger charge is 2.13. The van der Waals surface area contributed by atoms with Gasteiger partial charge in [-0.25, -0.2) is 0 Å². The molecule has 0 atom stereocenters. The predicted molar refractivity (Wildman–Crippen MR) is 90.0 cm³/mol. The molecule has 0 spiro atoms. The van der Waals surface area contributed by atoms with Gasteiger partial charge in [0.25, 0.3) is 5.91 Å². The van der Waals surface area contributed by atoms with Crippen molar-refractivity contribution in [1.29, 1.82) is 5.26 Å². The van der Waals surface area contributed by atoms with Gasteiger partial charge in [-0.05, 0) is 42.0 Å². The van der Waals surface area contributed by atoms with Crippen molar-refractivity contribution in [3.8, 4) is 23.3 Å². The Morgan fingerprint density at radius 3 is 2.71 bits per heavy atom. The first-order valence-corrected chi connectivity index (χ1v) is 7.11. The van der Waals surface area contributed by atoms with Crippen LogP contribution in [0.4, 0.5) is 5.69 Å². The topological polar surface area (TPSA) is 103 Å². The second-order valence-electron chi connectivity index (χ2n) is 4.73. The van der Waals surface area contributed by atoms with Crippen LogP contribution in [0.1, 0.15) is 5.56 Å². The number of aromatic hydroxyl groups is 2. The molecule has 0 aliphatic heterocycles. The van der Waals surface area contributed by atoms with E-state index < -0.39 is 17.4 Å². The first-order chi connectivity index (χ1) is 11.4. The lowest BCUT2D eigenvalue weighted by Gasteiger charge is -2.07. The van der Waals surface area contributed by atoms with Crippen LogP contribution in [0, 0.1) is 11.3 Å². The smallest absolute Gasteiger partial charge is 0.266 e. The van der Waals surface area contributed by atoms with Crippen LogP contribution in [0.15, 0.2) is 42.0 Å². The molecule has 3 N–H and O–H groups in total. The van der Waals surface area contributed by atoms with Crippen LogP contribution >= 0.6 is 11.6 Å². The molecule has 24 heavy (non-hydrogen) atoms. The summed E-state index contributed by atoms with van der Waals surface area (Å²) in [6.07, 6.45) is 1.27. The zero-order chi connectivity index (χ0) is 17.7. The first kappa shape index (κ1) is 17.2. The Morgan fingerprint density at radius 1 is 1.33 bits per heavy atom. The summed E-state index contributed by atoms with van der Waals surface area (Å²) in [4.78, 5) is 12.2. The molecule has 0 saturated carbocycles. The molecule has 0 radical (unpaired) electrons. The lowest BCUT2D eigenvalue weighted by atomic mass is 10.1. The fourth-order valence-electron chi connectivity index (χ4n) is 1.93. The molecular formula is C17H13ClN2O4. The number of nitrogens with zero attached hydrogens (tertiary/aromatic N) is 1. The number of carbonyl (C=O) groups excluding carboxylic acids is 1. The summed E-state index contributed by atoms with van der Waals surface area (Å²) in [5.74, 6) is -1.45. The van der Waals surface area contributed by atoms with Crippen molar-refractivity contribution in [1.82, 2.24) is 0 Å². The van der Waals surface area contributed by atoms with E-state index in [9.17, 15) is 20.3 Å². The van der Waals surface area contributed by atoms with Gasteiger partial charge in [-0.1, -0.05) is 17.7 Å². The van der Waals surface area contributed by atoms with E-state index in [4.69, 9.17) is 16.3 Å². The Labute approximate surface area is 143 Å². The number of ether oxygens (including phenoxy) is 1. The Balaban J connectivity index is 2.31. The minimum absolute atomic E-state index is 0.0220. The second kappa shape index (κ2) is 7.40. The van der Waals surface area contributed by atoms with E-state index in [1.807, 2.05) is 0 Å². The van der Waals surface area contributed by atoms with Crippen molar-refractivity contribution in [2.75, 3.05) is 12.4 Å². The van der Waals surface area contributed by atoms with Gasteiger partial charge in [0.05, 0.1) is 7.11 Å². The highest BCUT2D eigenvalue weighted by atomic mass is 35.5. The molecule has 122 valence electrons. The van der Waals surface area contributed by atoms with Crippen LogP contribution < -0.4 is 10.1 Å². The fourth-order valence-corrected chi connectivity index (χ4v) is 2.12. The van der Waals surface area contributed by atoms with Gasteiger partial charge < -0.3 is 20.3 Å². The molecular weight excluding hydrogens is 332 g/mol. The summed E-state index contributed by atoms with van der Waals surface area (Å²) in [5.41, 5.74) is 0.571. The minimum atomic E-state index is -0.633. The number of amides is 1. The number of hydrogen-bond acceptors (Lipinski definition) is 5. The number of nitrogens with one attached hydrogen (secondary N) is 1. The molecule has 0 aliphatic rings. The van der Waals surface area contributed by atoms with Gasteiger partial charge in [-0.15, -0.1) is 0 Å². The van der Waals surface area contributed by atoms with Crippen molar-refractivity contribution in [3.05, 3.63) is 52.6 Å². The fraction of sp³-hybridized carbons (Fsp3) is 0.0588. The van der Waals surface area contributed by atoms with E-state index in [0.717, 1.165) is 0 Å². The van der Waals surface area contributed by atoms with E-state index in [1.54, 1.807) is 30.3 Å². The van der Waals surface area contributed by atoms with Gasteiger partial charge in [0, 0.05) is 10.7 Å². The summed E-state index contributed by atoms with van der Waals surface area (Å²) in [7, 11) is 1.32. The number of anilines is 1. The van der Waals surface area contributed by atoms with E-state index >= 15 is 0 Å². The Bertz CT molecular complexity index is 856. The normalized spacial score (nSPS) is 10.8. The maximum Gasteiger partial charge on any atom is 0.266 e. The van der Waals surface area contributed by atoms with E-state index in [0.29, 0.717) is 16.3 Å². The molecule has 7 heteroatoms. The highest BCUT2D eigenvalue weighted by Crippen LogP contribution is 2.36. The van der Waals surface area contributed by atoms with E-state index in [2.05, 4.69) is 5.32 Å². The van der Waals surface area contributed by atoms with Gasteiger partial charge in [0.2, 0.25) is 5.75 Å².